The lowest BCUT2D eigenvalue weighted by atomic mass is 10.0. The number of ketones is 1. The first kappa shape index (κ1) is 13.7. The van der Waals surface area contributed by atoms with E-state index in [0.717, 1.165) is 25.6 Å². The SMILES string of the molecule is CCc1ccc(C(=O)c2cc(Br)ccc2I)cc1. The number of aryl methyl sites for hydroxylation is 1. The lowest BCUT2D eigenvalue weighted by Gasteiger charge is -2.05. The Morgan fingerprint density at radius 3 is 2.44 bits per heavy atom. The number of benzene rings is 2. The molecule has 0 aliphatic carbocycles. The molecule has 0 saturated heterocycles. The second kappa shape index (κ2) is 5.97. The van der Waals surface area contributed by atoms with Crippen molar-refractivity contribution in [1.82, 2.24) is 0 Å². The van der Waals surface area contributed by atoms with Gasteiger partial charge in [0.2, 0.25) is 0 Å². The van der Waals surface area contributed by atoms with E-state index >= 15 is 0 Å². The summed E-state index contributed by atoms with van der Waals surface area (Å²) in [5, 5.41) is 0. The molecule has 0 radical (unpaired) electrons. The fourth-order valence-electron chi connectivity index (χ4n) is 1.72. The normalized spacial score (nSPS) is 10.4. The largest absolute Gasteiger partial charge is 0.289 e. The van der Waals surface area contributed by atoms with Crippen LogP contribution in [0.1, 0.15) is 28.4 Å². The molecule has 0 amide bonds. The highest BCUT2D eigenvalue weighted by Gasteiger charge is 2.12. The molecule has 1 nitrogen and oxygen atoms in total. The van der Waals surface area contributed by atoms with Crippen molar-refractivity contribution >= 4 is 44.3 Å². The van der Waals surface area contributed by atoms with Crippen LogP contribution in [0.4, 0.5) is 0 Å². The summed E-state index contributed by atoms with van der Waals surface area (Å²) in [6.45, 7) is 2.11. The zero-order valence-electron chi connectivity index (χ0n) is 9.91. The molecule has 18 heavy (non-hydrogen) atoms. The van der Waals surface area contributed by atoms with Gasteiger partial charge in [-0.25, -0.2) is 0 Å². The lowest BCUT2D eigenvalue weighted by molar-refractivity contribution is 0.103. The third kappa shape index (κ3) is 3.01. The Morgan fingerprint density at radius 1 is 1.17 bits per heavy atom. The molecule has 92 valence electrons. The van der Waals surface area contributed by atoms with Crippen LogP contribution in [0.5, 0.6) is 0 Å². The highest BCUT2D eigenvalue weighted by atomic mass is 127. The zero-order valence-corrected chi connectivity index (χ0v) is 13.7. The van der Waals surface area contributed by atoms with E-state index in [-0.39, 0.29) is 5.78 Å². The van der Waals surface area contributed by atoms with Crippen LogP contribution in [0.25, 0.3) is 0 Å². The predicted octanol–water partition coefficient (Wildman–Crippen LogP) is 4.85. The Bertz CT molecular complexity index is 576. The molecule has 0 saturated carbocycles. The van der Waals surface area contributed by atoms with Crippen LogP contribution in [0.2, 0.25) is 0 Å². The molecule has 0 fully saturated rings. The first-order valence-electron chi connectivity index (χ1n) is 5.70. The topological polar surface area (TPSA) is 17.1 Å². The van der Waals surface area contributed by atoms with Gasteiger partial charge in [0.25, 0.3) is 0 Å². The Balaban J connectivity index is 2.38. The molecular weight excluding hydrogens is 403 g/mol. The summed E-state index contributed by atoms with van der Waals surface area (Å²) >= 11 is 5.60. The number of carbonyl (C=O) groups excluding carboxylic acids is 1. The highest BCUT2D eigenvalue weighted by molar-refractivity contribution is 14.1. The van der Waals surface area contributed by atoms with E-state index in [2.05, 4.69) is 45.4 Å². The third-order valence-electron chi connectivity index (χ3n) is 2.80. The number of hydrogen-bond acceptors (Lipinski definition) is 1. The smallest absolute Gasteiger partial charge is 0.194 e. The summed E-state index contributed by atoms with van der Waals surface area (Å²) in [6.07, 6.45) is 0.989. The maximum Gasteiger partial charge on any atom is 0.194 e. The van der Waals surface area contributed by atoms with Crippen molar-refractivity contribution in [3.05, 3.63) is 67.2 Å². The molecule has 2 aromatic carbocycles. The first-order valence-corrected chi connectivity index (χ1v) is 7.57. The van der Waals surface area contributed by atoms with Crippen molar-refractivity contribution in [2.75, 3.05) is 0 Å². The van der Waals surface area contributed by atoms with E-state index in [1.165, 1.54) is 5.56 Å². The van der Waals surface area contributed by atoms with Crippen molar-refractivity contribution in [1.29, 1.82) is 0 Å². The Morgan fingerprint density at radius 2 is 1.83 bits per heavy atom. The molecular formula is C15H12BrIO. The average Bonchev–Trinajstić information content (AvgIpc) is 2.41. The predicted molar refractivity (Wildman–Crippen MR) is 86.1 cm³/mol. The molecule has 0 spiro atoms. The van der Waals surface area contributed by atoms with Crippen molar-refractivity contribution in [3.8, 4) is 0 Å². The van der Waals surface area contributed by atoms with Gasteiger partial charge in [0.1, 0.15) is 0 Å². The van der Waals surface area contributed by atoms with Crippen molar-refractivity contribution in [2.24, 2.45) is 0 Å². The molecule has 0 heterocycles. The van der Waals surface area contributed by atoms with E-state index in [4.69, 9.17) is 0 Å². The maximum atomic E-state index is 12.4. The van der Waals surface area contributed by atoms with Crippen LogP contribution < -0.4 is 0 Å². The molecule has 0 aliphatic rings. The molecule has 2 aromatic rings. The Hall–Kier alpha value is -0.680. The van der Waals surface area contributed by atoms with Crippen molar-refractivity contribution in [2.45, 2.75) is 13.3 Å². The van der Waals surface area contributed by atoms with Crippen molar-refractivity contribution < 1.29 is 4.79 Å². The lowest BCUT2D eigenvalue weighted by Crippen LogP contribution is -2.03. The fourth-order valence-corrected chi connectivity index (χ4v) is 2.66. The summed E-state index contributed by atoms with van der Waals surface area (Å²) in [5.41, 5.74) is 2.73. The summed E-state index contributed by atoms with van der Waals surface area (Å²) in [5.74, 6) is 0.0725. The number of halogens is 2. The second-order valence-corrected chi connectivity index (χ2v) is 6.08. The minimum atomic E-state index is 0.0725. The Kier molecular flexibility index (Phi) is 4.56. The molecule has 0 N–H and O–H groups in total. The van der Waals surface area contributed by atoms with Gasteiger partial charge >= 0.3 is 0 Å². The van der Waals surface area contributed by atoms with Crippen LogP contribution in [-0.4, -0.2) is 5.78 Å². The molecule has 3 heteroatoms. The minimum Gasteiger partial charge on any atom is -0.289 e. The fraction of sp³-hybridized carbons (Fsp3) is 0.133. The van der Waals surface area contributed by atoms with Gasteiger partial charge in [0.15, 0.2) is 5.78 Å². The molecule has 0 atom stereocenters. The first-order chi connectivity index (χ1) is 8.61. The van der Waals surface area contributed by atoms with E-state index < -0.39 is 0 Å². The van der Waals surface area contributed by atoms with Gasteiger partial charge in [0, 0.05) is 19.2 Å². The minimum absolute atomic E-state index is 0.0725. The number of rotatable bonds is 3. The monoisotopic (exact) mass is 414 g/mol. The number of hydrogen-bond donors (Lipinski definition) is 0. The summed E-state index contributed by atoms with van der Waals surface area (Å²) in [7, 11) is 0. The molecule has 2 rings (SSSR count). The molecule has 0 unspecified atom stereocenters. The molecule has 0 aromatic heterocycles. The average molecular weight is 415 g/mol. The van der Waals surface area contributed by atoms with E-state index in [9.17, 15) is 4.79 Å². The van der Waals surface area contributed by atoms with Crippen LogP contribution in [-0.2, 0) is 6.42 Å². The summed E-state index contributed by atoms with van der Waals surface area (Å²) < 4.78 is 1.90. The summed E-state index contributed by atoms with van der Waals surface area (Å²) in [6, 6.07) is 13.6. The molecule has 0 bridgehead atoms. The number of carbonyl (C=O) groups is 1. The van der Waals surface area contributed by atoms with Gasteiger partial charge in [-0.15, -0.1) is 0 Å². The maximum absolute atomic E-state index is 12.4. The van der Waals surface area contributed by atoms with E-state index in [1.807, 2.05) is 42.5 Å². The second-order valence-electron chi connectivity index (χ2n) is 4.00. The third-order valence-corrected chi connectivity index (χ3v) is 4.23. The zero-order chi connectivity index (χ0) is 13.1. The van der Waals surface area contributed by atoms with Gasteiger partial charge in [-0.2, -0.15) is 0 Å². The van der Waals surface area contributed by atoms with E-state index in [0.29, 0.717) is 0 Å². The van der Waals surface area contributed by atoms with E-state index in [1.54, 1.807) is 0 Å². The Labute approximate surface area is 129 Å². The van der Waals surface area contributed by atoms with Crippen LogP contribution in [0.15, 0.2) is 46.9 Å². The van der Waals surface area contributed by atoms with Gasteiger partial charge in [-0.3, -0.25) is 4.79 Å². The quantitative estimate of drug-likeness (QED) is 0.518. The molecule has 0 aliphatic heterocycles. The van der Waals surface area contributed by atoms with Crippen LogP contribution >= 0.6 is 38.5 Å². The van der Waals surface area contributed by atoms with Crippen LogP contribution in [0, 0.1) is 3.57 Å². The van der Waals surface area contributed by atoms with Crippen LogP contribution in [0.3, 0.4) is 0 Å². The highest BCUT2D eigenvalue weighted by Crippen LogP contribution is 2.21. The van der Waals surface area contributed by atoms with Gasteiger partial charge in [0.05, 0.1) is 0 Å². The standard InChI is InChI=1S/C15H12BrIO/c1-2-10-3-5-11(6-4-10)15(18)13-9-12(16)7-8-14(13)17/h3-9H,2H2,1H3. The van der Waals surface area contributed by atoms with Crippen molar-refractivity contribution in [3.63, 3.8) is 0 Å². The van der Waals surface area contributed by atoms with Gasteiger partial charge in [-0.1, -0.05) is 47.1 Å². The van der Waals surface area contributed by atoms with Gasteiger partial charge < -0.3 is 0 Å². The van der Waals surface area contributed by atoms with Gasteiger partial charge in [-0.05, 0) is 52.8 Å². The summed E-state index contributed by atoms with van der Waals surface area (Å²) in [4.78, 5) is 12.4.